The molecule has 0 spiro atoms. The number of hydrogen-bond acceptors (Lipinski definition) is 4. The normalized spacial score (nSPS) is 11.8. The largest absolute Gasteiger partial charge is 0.493 e. The van der Waals surface area contributed by atoms with Gasteiger partial charge in [0.2, 0.25) is 0 Å². The Bertz CT molecular complexity index is 903. The molecule has 0 aliphatic rings. The first-order valence-electron chi connectivity index (χ1n) is 10.9. The number of rotatable bonds is 10. The van der Waals surface area contributed by atoms with E-state index in [1.807, 2.05) is 56.4 Å². The molecule has 1 amide bonds. The van der Waals surface area contributed by atoms with Crippen LogP contribution in [0.1, 0.15) is 41.8 Å². The Morgan fingerprint density at radius 1 is 1.06 bits per heavy atom. The summed E-state index contributed by atoms with van der Waals surface area (Å²) in [5.41, 5.74) is 2.92. The smallest absolute Gasteiger partial charge is 0.251 e. The van der Waals surface area contributed by atoms with Crippen molar-refractivity contribution in [3.05, 3.63) is 59.2 Å². The minimum atomic E-state index is -0.0374. The molecular weight excluding hydrogens is 531 g/mol. The summed E-state index contributed by atoms with van der Waals surface area (Å²) in [6, 6.07) is 13.8. The van der Waals surface area contributed by atoms with Crippen LogP contribution in [0.4, 0.5) is 0 Å². The molecule has 1 atom stereocenters. The van der Waals surface area contributed by atoms with Gasteiger partial charge >= 0.3 is 0 Å². The van der Waals surface area contributed by atoms with Gasteiger partial charge in [0.25, 0.3) is 5.91 Å². The fourth-order valence-corrected chi connectivity index (χ4v) is 3.19. The van der Waals surface area contributed by atoms with Crippen LogP contribution in [0, 0.1) is 0 Å². The first-order valence-corrected chi connectivity index (χ1v) is 10.9. The van der Waals surface area contributed by atoms with Crippen LogP contribution in [0.15, 0.2) is 47.5 Å². The van der Waals surface area contributed by atoms with E-state index in [4.69, 9.17) is 9.47 Å². The molecule has 0 fully saturated rings. The van der Waals surface area contributed by atoms with Crippen molar-refractivity contribution in [2.45, 2.75) is 39.3 Å². The molecule has 182 valence electrons. The lowest BCUT2D eigenvalue weighted by atomic mass is 10.1. The number of nitrogens with zero attached hydrogens (tertiary/aromatic N) is 2. The number of carbonyl (C=O) groups excluding carboxylic acids is 1. The van der Waals surface area contributed by atoms with E-state index in [9.17, 15) is 4.79 Å². The highest BCUT2D eigenvalue weighted by molar-refractivity contribution is 14.0. The Morgan fingerprint density at radius 3 is 2.27 bits per heavy atom. The second kappa shape index (κ2) is 14.6. The molecule has 0 saturated carbocycles. The van der Waals surface area contributed by atoms with E-state index < -0.39 is 0 Å². The number of carbonyl (C=O) groups is 1. The summed E-state index contributed by atoms with van der Waals surface area (Å²) in [6.07, 6.45) is 1.75. The van der Waals surface area contributed by atoms with Gasteiger partial charge in [-0.15, -0.1) is 24.0 Å². The molecule has 0 radical (unpaired) electrons. The quantitative estimate of drug-likeness (QED) is 0.257. The number of likely N-dealkylation sites (N-methyl/N-ethyl adjacent to an activating group) is 1. The molecule has 7 nitrogen and oxygen atoms in total. The number of ether oxygens (including phenoxy) is 2. The Hall–Kier alpha value is -2.49. The number of amides is 1. The van der Waals surface area contributed by atoms with E-state index in [2.05, 4.69) is 27.4 Å². The zero-order chi connectivity index (χ0) is 23.5. The average molecular weight is 569 g/mol. The molecular formula is C25H37IN4O3. The van der Waals surface area contributed by atoms with Crippen LogP contribution in [0.2, 0.25) is 0 Å². The van der Waals surface area contributed by atoms with E-state index >= 15 is 0 Å². The minimum Gasteiger partial charge on any atom is -0.493 e. The molecule has 2 N–H and O–H groups in total. The van der Waals surface area contributed by atoms with Crippen LogP contribution in [-0.4, -0.2) is 57.7 Å². The summed E-state index contributed by atoms with van der Waals surface area (Å²) in [4.78, 5) is 18.7. The Kier molecular flexibility index (Phi) is 12.6. The molecule has 0 aromatic heterocycles. The third kappa shape index (κ3) is 8.75. The number of halogens is 1. The van der Waals surface area contributed by atoms with E-state index in [0.29, 0.717) is 12.1 Å². The first kappa shape index (κ1) is 28.5. The monoisotopic (exact) mass is 568 g/mol. The highest BCUT2D eigenvalue weighted by Crippen LogP contribution is 2.27. The maximum atomic E-state index is 12.2. The predicted octanol–water partition coefficient (Wildman–Crippen LogP) is 4.10. The zero-order valence-corrected chi connectivity index (χ0v) is 22.8. The number of nitrogens with one attached hydrogen (secondary N) is 2. The van der Waals surface area contributed by atoms with E-state index in [0.717, 1.165) is 48.0 Å². The molecule has 2 aromatic rings. The highest BCUT2D eigenvalue weighted by atomic mass is 127. The lowest BCUT2D eigenvalue weighted by Gasteiger charge is -2.22. The summed E-state index contributed by atoms with van der Waals surface area (Å²) in [5, 5.41) is 6.37. The fourth-order valence-electron chi connectivity index (χ4n) is 3.19. The number of guanidine groups is 1. The predicted molar refractivity (Wildman–Crippen MR) is 145 cm³/mol. The summed E-state index contributed by atoms with van der Waals surface area (Å²) >= 11 is 0. The molecule has 2 aromatic carbocycles. The van der Waals surface area contributed by atoms with Gasteiger partial charge in [-0.3, -0.25) is 9.79 Å². The van der Waals surface area contributed by atoms with E-state index in [-0.39, 0.29) is 35.9 Å². The van der Waals surface area contributed by atoms with Gasteiger partial charge in [0.05, 0.1) is 14.2 Å². The van der Waals surface area contributed by atoms with Crippen molar-refractivity contribution in [2.75, 3.05) is 34.9 Å². The van der Waals surface area contributed by atoms with Gasteiger partial charge in [-0.2, -0.15) is 0 Å². The van der Waals surface area contributed by atoms with Crippen molar-refractivity contribution < 1.29 is 14.3 Å². The number of hydrogen-bond donors (Lipinski definition) is 2. The molecule has 0 aliphatic carbocycles. The van der Waals surface area contributed by atoms with E-state index in [1.165, 1.54) is 0 Å². The maximum Gasteiger partial charge on any atom is 0.251 e. The van der Waals surface area contributed by atoms with Gasteiger partial charge in [0, 0.05) is 38.8 Å². The summed E-state index contributed by atoms with van der Waals surface area (Å²) in [7, 11) is 7.07. The van der Waals surface area contributed by atoms with Gasteiger partial charge < -0.3 is 25.0 Å². The summed E-state index contributed by atoms with van der Waals surface area (Å²) < 4.78 is 10.7. The Labute approximate surface area is 215 Å². The second-order valence-electron chi connectivity index (χ2n) is 7.74. The van der Waals surface area contributed by atoms with Crippen molar-refractivity contribution in [1.29, 1.82) is 0 Å². The molecule has 8 heteroatoms. The Balaban J connectivity index is 0.00000544. The van der Waals surface area contributed by atoms with Gasteiger partial charge in [0.1, 0.15) is 0 Å². The summed E-state index contributed by atoms with van der Waals surface area (Å²) in [6.45, 7) is 5.48. The van der Waals surface area contributed by atoms with Crippen molar-refractivity contribution in [2.24, 2.45) is 4.99 Å². The standard InChI is InChI=1S/C25H36N4O3.HI/c1-7-18(2)28-24(30)21-11-8-20(9-12-21)17-27-25(26-3)29(4)15-14-19-10-13-22(31-5)23(16-19)32-6;/h8-13,16,18H,7,14-15,17H2,1-6H3,(H,26,27)(H,28,30);1H. The number of methoxy groups -OCH3 is 2. The second-order valence-corrected chi connectivity index (χ2v) is 7.74. The summed E-state index contributed by atoms with van der Waals surface area (Å²) in [5.74, 6) is 2.23. The van der Waals surface area contributed by atoms with Crippen LogP contribution >= 0.6 is 24.0 Å². The van der Waals surface area contributed by atoms with Crippen molar-refractivity contribution in [3.63, 3.8) is 0 Å². The molecule has 0 aliphatic heterocycles. The van der Waals surface area contributed by atoms with Crippen molar-refractivity contribution in [3.8, 4) is 11.5 Å². The lowest BCUT2D eigenvalue weighted by Crippen LogP contribution is -2.39. The third-order valence-electron chi connectivity index (χ3n) is 5.41. The Morgan fingerprint density at radius 2 is 1.70 bits per heavy atom. The topological polar surface area (TPSA) is 75.2 Å². The SMILES string of the molecule is CCC(C)NC(=O)c1ccc(CNC(=NC)N(C)CCc2ccc(OC)c(OC)c2)cc1.I. The zero-order valence-electron chi connectivity index (χ0n) is 20.5. The number of benzene rings is 2. The van der Waals surface area contributed by atoms with Gasteiger partial charge in [-0.1, -0.05) is 25.1 Å². The van der Waals surface area contributed by atoms with Crippen molar-refractivity contribution in [1.82, 2.24) is 15.5 Å². The molecule has 0 bridgehead atoms. The van der Waals surface area contributed by atoms with E-state index in [1.54, 1.807) is 21.3 Å². The third-order valence-corrected chi connectivity index (χ3v) is 5.41. The van der Waals surface area contributed by atoms with Crippen molar-refractivity contribution >= 4 is 35.8 Å². The maximum absolute atomic E-state index is 12.2. The molecule has 2 rings (SSSR count). The van der Waals surface area contributed by atoms with Gasteiger partial charge in [-0.05, 0) is 55.2 Å². The highest BCUT2D eigenvalue weighted by Gasteiger charge is 2.10. The molecule has 0 saturated heterocycles. The fraction of sp³-hybridized carbons (Fsp3) is 0.440. The van der Waals surface area contributed by atoms with Crippen LogP contribution in [0.5, 0.6) is 11.5 Å². The molecule has 1 unspecified atom stereocenters. The molecule has 33 heavy (non-hydrogen) atoms. The number of aliphatic imine (C=N–C) groups is 1. The minimum absolute atomic E-state index is 0. The molecule has 0 heterocycles. The van der Waals surface area contributed by atoms with Gasteiger partial charge in [-0.25, -0.2) is 0 Å². The van der Waals surface area contributed by atoms with Crippen LogP contribution < -0.4 is 20.1 Å². The average Bonchev–Trinajstić information content (AvgIpc) is 2.82. The van der Waals surface area contributed by atoms with Gasteiger partial charge in [0.15, 0.2) is 17.5 Å². The van der Waals surface area contributed by atoms with Crippen LogP contribution in [0.3, 0.4) is 0 Å². The van der Waals surface area contributed by atoms with Crippen LogP contribution in [-0.2, 0) is 13.0 Å². The first-order chi connectivity index (χ1) is 15.4. The van der Waals surface area contributed by atoms with Crippen LogP contribution in [0.25, 0.3) is 0 Å². The lowest BCUT2D eigenvalue weighted by molar-refractivity contribution is 0.0939.